The van der Waals surface area contributed by atoms with Crippen LogP contribution in [0, 0.1) is 6.92 Å². The SMILES string of the molecule is Cc1ccc(C(=O)N[C@@H](C)c2ccco2)cc1NC(=O)c1ccco1. The first-order valence-corrected chi connectivity index (χ1v) is 7.84. The minimum atomic E-state index is -0.366. The maximum absolute atomic E-state index is 12.4. The van der Waals surface area contributed by atoms with Crippen LogP contribution in [0.25, 0.3) is 0 Å². The van der Waals surface area contributed by atoms with Gasteiger partial charge < -0.3 is 19.5 Å². The van der Waals surface area contributed by atoms with Gasteiger partial charge in [-0.2, -0.15) is 0 Å². The van der Waals surface area contributed by atoms with Crippen LogP contribution in [-0.4, -0.2) is 11.8 Å². The molecule has 6 nitrogen and oxygen atoms in total. The molecule has 2 N–H and O–H groups in total. The minimum absolute atomic E-state index is 0.209. The van der Waals surface area contributed by atoms with Crippen molar-refractivity contribution in [2.45, 2.75) is 19.9 Å². The molecule has 128 valence electrons. The van der Waals surface area contributed by atoms with E-state index >= 15 is 0 Å². The second-order valence-corrected chi connectivity index (χ2v) is 5.67. The van der Waals surface area contributed by atoms with Gasteiger partial charge in [0, 0.05) is 11.3 Å². The molecule has 3 aromatic rings. The molecule has 0 saturated heterocycles. The van der Waals surface area contributed by atoms with Crippen LogP contribution in [0.4, 0.5) is 5.69 Å². The first kappa shape index (κ1) is 16.6. The third kappa shape index (κ3) is 3.80. The summed E-state index contributed by atoms with van der Waals surface area (Å²) in [6, 6.07) is 11.7. The lowest BCUT2D eigenvalue weighted by Gasteiger charge is -2.13. The molecular weight excluding hydrogens is 320 g/mol. The van der Waals surface area contributed by atoms with Crippen LogP contribution >= 0.6 is 0 Å². The zero-order valence-corrected chi connectivity index (χ0v) is 13.9. The van der Waals surface area contributed by atoms with Gasteiger partial charge in [-0.25, -0.2) is 0 Å². The van der Waals surface area contributed by atoms with E-state index in [0.717, 1.165) is 5.56 Å². The van der Waals surface area contributed by atoms with Crippen molar-refractivity contribution in [1.29, 1.82) is 0 Å². The Morgan fingerprint density at radius 2 is 1.76 bits per heavy atom. The van der Waals surface area contributed by atoms with Crippen molar-refractivity contribution in [2.24, 2.45) is 0 Å². The Balaban J connectivity index is 1.74. The second kappa shape index (κ2) is 7.09. The predicted octanol–water partition coefficient (Wildman–Crippen LogP) is 3.92. The molecule has 2 heterocycles. The van der Waals surface area contributed by atoms with Crippen molar-refractivity contribution in [3.05, 3.63) is 77.6 Å². The Kier molecular flexibility index (Phi) is 4.70. The molecule has 0 unspecified atom stereocenters. The van der Waals surface area contributed by atoms with Crippen LogP contribution in [0.15, 0.2) is 63.8 Å². The van der Waals surface area contributed by atoms with Gasteiger partial charge in [-0.1, -0.05) is 6.07 Å². The van der Waals surface area contributed by atoms with Gasteiger partial charge in [0.2, 0.25) is 0 Å². The van der Waals surface area contributed by atoms with Crippen molar-refractivity contribution < 1.29 is 18.4 Å². The zero-order valence-electron chi connectivity index (χ0n) is 13.9. The molecule has 0 aliphatic carbocycles. The molecular formula is C19H18N2O4. The van der Waals surface area contributed by atoms with Gasteiger partial charge in [0.15, 0.2) is 5.76 Å². The number of benzene rings is 1. The highest BCUT2D eigenvalue weighted by Crippen LogP contribution is 2.19. The summed E-state index contributed by atoms with van der Waals surface area (Å²) in [6.07, 6.45) is 2.99. The molecule has 0 aliphatic heterocycles. The summed E-state index contributed by atoms with van der Waals surface area (Å²) in [5.41, 5.74) is 1.84. The molecule has 1 atom stereocenters. The molecule has 1 aromatic carbocycles. The number of furan rings is 2. The summed E-state index contributed by atoms with van der Waals surface area (Å²) in [5, 5.41) is 5.62. The number of aryl methyl sites for hydroxylation is 1. The fourth-order valence-corrected chi connectivity index (χ4v) is 2.38. The van der Waals surface area contributed by atoms with E-state index in [1.165, 1.54) is 6.26 Å². The van der Waals surface area contributed by atoms with Crippen molar-refractivity contribution in [3.8, 4) is 0 Å². The van der Waals surface area contributed by atoms with E-state index in [4.69, 9.17) is 8.83 Å². The molecule has 0 bridgehead atoms. The quantitative estimate of drug-likeness (QED) is 0.738. The molecule has 0 spiro atoms. The highest BCUT2D eigenvalue weighted by Gasteiger charge is 2.16. The van der Waals surface area contributed by atoms with E-state index in [1.807, 2.05) is 13.8 Å². The van der Waals surface area contributed by atoms with Gasteiger partial charge in [0.05, 0.1) is 18.6 Å². The molecule has 0 saturated carbocycles. The topological polar surface area (TPSA) is 84.5 Å². The number of carbonyl (C=O) groups is 2. The van der Waals surface area contributed by atoms with Crippen LogP contribution in [0.3, 0.4) is 0 Å². The fourth-order valence-electron chi connectivity index (χ4n) is 2.38. The lowest BCUT2D eigenvalue weighted by Crippen LogP contribution is -2.26. The van der Waals surface area contributed by atoms with Gasteiger partial charge in [-0.05, 0) is 55.8 Å². The van der Waals surface area contributed by atoms with Crippen LogP contribution in [0.2, 0.25) is 0 Å². The number of hydrogen-bond acceptors (Lipinski definition) is 4. The highest BCUT2D eigenvalue weighted by atomic mass is 16.3. The van der Waals surface area contributed by atoms with Crippen molar-refractivity contribution in [3.63, 3.8) is 0 Å². The highest BCUT2D eigenvalue weighted by molar-refractivity contribution is 6.03. The number of hydrogen-bond donors (Lipinski definition) is 2. The van der Waals surface area contributed by atoms with Gasteiger partial charge in [0.1, 0.15) is 5.76 Å². The van der Waals surface area contributed by atoms with E-state index in [0.29, 0.717) is 17.0 Å². The summed E-state index contributed by atoms with van der Waals surface area (Å²) in [5.74, 6) is 0.263. The number of carbonyl (C=O) groups excluding carboxylic acids is 2. The third-order valence-electron chi connectivity index (χ3n) is 3.81. The molecule has 0 fully saturated rings. The fraction of sp³-hybridized carbons (Fsp3) is 0.158. The second-order valence-electron chi connectivity index (χ2n) is 5.67. The monoisotopic (exact) mass is 338 g/mol. The van der Waals surface area contributed by atoms with Crippen LogP contribution in [0.5, 0.6) is 0 Å². The minimum Gasteiger partial charge on any atom is -0.467 e. The van der Waals surface area contributed by atoms with Crippen molar-refractivity contribution >= 4 is 17.5 Å². The number of nitrogens with one attached hydrogen (secondary N) is 2. The average Bonchev–Trinajstić information content (AvgIpc) is 3.30. The number of rotatable bonds is 5. The van der Waals surface area contributed by atoms with E-state index < -0.39 is 0 Å². The standard InChI is InChI=1S/C19H18N2O4/c1-12-7-8-14(18(22)20-13(2)16-5-3-9-24-16)11-15(12)21-19(23)17-6-4-10-25-17/h3-11,13H,1-2H3,(H,20,22)(H,21,23)/t13-/m0/s1. The lowest BCUT2D eigenvalue weighted by molar-refractivity contribution is 0.0934. The average molecular weight is 338 g/mol. The van der Waals surface area contributed by atoms with Crippen LogP contribution < -0.4 is 10.6 Å². The first-order valence-electron chi connectivity index (χ1n) is 7.84. The Labute approximate surface area is 144 Å². The largest absolute Gasteiger partial charge is 0.467 e. The Morgan fingerprint density at radius 1 is 1.00 bits per heavy atom. The summed E-state index contributed by atoms with van der Waals surface area (Å²) < 4.78 is 10.4. The van der Waals surface area contributed by atoms with Crippen LogP contribution in [0.1, 0.15) is 45.2 Å². The van der Waals surface area contributed by atoms with Gasteiger partial charge >= 0.3 is 0 Å². The molecule has 6 heteroatoms. The Hall–Kier alpha value is -3.28. The van der Waals surface area contributed by atoms with Crippen molar-refractivity contribution in [1.82, 2.24) is 5.32 Å². The van der Waals surface area contributed by atoms with Crippen molar-refractivity contribution in [2.75, 3.05) is 5.32 Å². The summed E-state index contributed by atoms with van der Waals surface area (Å²) >= 11 is 0. The summed E-state index contributed by atoms with van der Waals surface area (Å²) in [6.45, 7) is 3.69. The molecule has 3 rings (SSSR count). The van der Waals surface area contributed by atoms with E-state index in [-0.39, 0.29) is 23.6 Å². The maximum Gasteiger partial charge on any atom is 0.291 e. The summed E-state index contributed by atoms with van der Waals surface area (Å²) in [4.78, 5) is 24.6. The van der Waals surface area contributed by atoms with Gasteiger partial charge in [-0.3, -0.25) is 9.59 Å². The normalized spacial score (nSPS) is 11.8. The number of amides is 2. The third-order valence-corrected chi connectivity index (χ3v) is 3.81. The summed E-state index contributed by atoms with van der Waals surface area (Å²) in [7, 11) is 0. The molecule has 25 heavy (non-hydrogen) atoms. The van der Waals surface area contributed by atoms with Gasteiger partial charge in [0.25, 0.3) is 11.8 Å². The van der Waals surface area contributed by atoms with E-state index in [9.17, 15) is 9.59 Å². The lowest BCUT2D eigenvalue weighted by atomic mass is 10.1. The molecule has 0 radical (unpaired) electrons. The van der Waals surface area contributed by atoms with Gasteiger partial charge in [-0.15, -0.1) is 0 Å². The smallest absolute Gasteiger partial charge is 0.291 e. The number of anilines is 1. The molecule has 2 aromatic heterocycles. The van der Waals surface area contributed by atoms with E-state index in [2.05, 4.69) is 10.6 Å². The Morgan fingerprint density at radius 3 is 2.44 bits per heavy atom. The predicted molar refractivity (Wildman–Crippen MR) is 92.4 cm³/mol. The maximum atomic E-state index is 12.4. The van der Waals surface area contributed by atoms with E-state index in [1.54, 1.807) is 48.7 Å². The molecule has 0 aliphatic rings. The Bertz CT molecular complexity index is 867. The molecule has 2 amide bonds. The zero-order chi connectivity index (χ0) is 17.8. The first-order chi connectivity index (χ1) is 12.0. The van der Waals surface area contributed by atoms with Crippen LogP contribution in [-0.2, 0) is 0 Å².